The van der Waals surface area contributed by atoms with Crippen LogP contribution in [-0.2, 0) is 0 Å². The van der Waals surface area contributed by atoms with Crippen LogP contribution >= 0.6 is 11.6 Å². The lowest BCUT2D eigenvalue weighted by atomic mass is 10.2. The highest BCUT2D eigenvalue weighted by Crippen LogP contribution is 2.32. The predicted molar refractivity (Wildman–Crippen MR) is 73.0 cm³/mol. The molecule has 2 N–H and O–H groups in total. The summed E-state index contributed by atoms with van der Waals surface area (Å²) in [5.41, 5.74) is 1.49. The molecular weight excluding hydrogens is 248 g/mol. The van der Waals surface area contributed by atoms with Gasteiger partial charge in [-0.25, -0.2) is 0 Å². The lowest BCUT2D eigenvalue weighted by Gasteiger charge is -2.11. The summed E-state index contributed by atoms with van der Waals surface area (Å²) in [5, 5.41) is 4.70. The molecule has 1 aliphatic carbocycles. The number of aromatic amines is 1. The first-order valence-electron chi connectivity index (χ1n) is 6.22. The van der Waals surface area contributed by atoms with Crippen LogP contribution in [0.25, 0.3) is 10.9 Å². The van der Waals surface area contributed by atoms with Gasteiger partial charge in [0.05, 0.1) is 0 Å². The van der Waals surface area contributed by atoms with Gasteiger partial charge in [0.15, 0.2) is 0 Å². The lowest BCUT2D eigenvalue weighted by molar-refractivity contribution is 0.0931. The monoisotopic (exact) mass is 262 g/mol. The Balaban J connectivity index is 1.82. The Morgan fingerprint density at radius 3 is 2.94 bits per heavy atom. The van der Waals surface area contributed by atoms with E-state index < -0.39 is 0 Å². The van der Waals surface area contributed by atoms with Crippen molar-refractivity contribution in [1.29, 1.82) is 0 Å². The van der Waals surface area contributed by atoms with E-state index in [0.717, 1.165) is 10.9 Å². The van der Waals surface area contributed by atoms with Crippen molar-refractivity contribution in [3.63, 3.8) is 0 Å². The summed E-state index contributed by atoms with van der Waals surface area (Å²) in [6, 6.07) is 7.69. The molecule has 4 heteroatoms. The number of benzene rings is 1. The molecule has 0 bridgehead atoms. The molecule has 1 heterocycles. The van der Waals surface area contributed by atoms with Gasteiger partial charge in [-0.3, -0.25) is 4.79 Å². The molecule has 1 atom stereocenters. The fraction of sp³-hybridized carbons (Fsp3) is 0.357. The summed E-state index contributed by atoms with van der Waals surface area (Å²) in [7, 11) is 0. The molecule has 1 aromatic carbocycles. The van der Waals surface area contributed by atoms with E-state index in [-0.39, 0.29) is 11.9 Å². The first-order chi connectivity index (χ1) is 8.63. The van der Waals surface area contributed by atoms with E-state index in [2.05, 4.69) is 17.2 Å². The van der Waals surface area contributed by atoms with Gasteiger partial charge in [0.1, 0.15) is 5.69 Å². The van der Waals surface area contributed by atoms with Crippen molar-refractivity contribution in [2.45, 2.75) is 25.8 Å². The average molecular weight is 263 g/mol. The second-order valence-electron chi connectivity index (χ2n) is 5.01. The molecule has 0 saturated heterocycles. The first-order valence-corrected chi connectivity index (χ1v) is 6.60. The molecule has 2 aromatic rings. The quantitative estimate of drug-likeness (QED) is 0.875. The van der Waals surface area contributed by atoms with Crippen molar-refractivity contribution >= 4 is 28.4 Å². The van der Waals surface area contributed by atoms with Gasteiger partial charge in [-0.2, -0.15) is 0 Å². The number of fused-ring (bicyclic) bond motifs is 1. The Kier molecular flexibility index (Phi) is 2.78. The summed E-state index contributed by atoms with van der Waals surface area (Å²) in [4.78, 5) is 15.2. The van der Waals surface area contributed by atoms with Gasteiger partial charge in [0.25, 0.3) is 5.91 Å². The maximum atomic E-state index is 12.1. The highest BCUT2D eigenvalue weighted by molar-refractivity contribution is 6.31. The normalized spacial score (nSPS) is 16.8. The van der Waals surface area contributed by atoms with E-state index in [9.17, 15) is 4.79 Å². The van der Waals surface area contributed by atoms with E-state index in [4.69, 9.17) is 11.6 Å². The molecule has 94 valence electrons. The smallest absolute Gasteiger partial charge is 0.267 e. The third kappa shape index (κ3) is 2.23. The molecule has 3 rings (SSSR count). The number of hydrogen-bond donors (Lipinski definition) is 2. The molecule has 1 aliphatic rings. The second-order valence-corrected chi connectivity index (χ2v) is 5.45. The van der Waals surface area contributed by atoms with Crippen molar-refractivity contribution in [3.8, 4) is 0 Å². The minimum absolute atomic E-state index is 0.0401. The molecular formula is C14H15ClN2O. The predicted octanol–water partition coefficient (Wildman–Crippen LogP) is 3.35. The maximum absolute atomic E-state index is 12.1. The summed E-state index contributed by atoms with van der Waals surface area (Å²) >= 11 is 5.92. The summed E-state index contributed by atoms with van der Waals surface area (Å²) in [6.45, 7) is 2.06. The zero-order valence-corrected chi connectivity index (χ0v) is 10.9. The van der Waals surface area contributed by atoms with Crippen molar-refractivity contribution < 1.29 is 4.79 Å². The maximum Gasteiger partial charge on any atom is 0.267 e. The fourth-order valence-corrected chi connectivity index (χ4v) is 2.39. The molecule has 1 unspecified atom stereocenters. The van der Waals surface area contributed by atoms with Crippen LogP contribution in [0.1, 0.15) is 30.3 Å². The molecule has 1 fully saturated rings. The Morgan fingerprint density at radius 1 is 1.44 bits per heavy atom. The summed E-state index contributed by atoms with van der Waals surface area (Å²) in [5.74, 6) is 0.620. The minimum Gasteiger partial charge on any atom is -0.350 e. The molecule has 1 aromatic heterocycles. The van der Waals surface area contributed by atoms with E-state index in [1.54, 1.807) is 0 Å². The number of nitrogens with one attached hydrogen (secondary N) is 2. The van der Waals surface area contributed by atoms with E-state index in [1.807, 2.05) is 24.3 Å². The van der Waals surface area contributed by atoms with Gasteiger partial charge in [-0.05, 0) is 43.9 Å². The van der Waals surface area contributed by atoms with Gasteiger partial charge < -0.3 is 10.3 Å². The van der Waals surface area contributed by atoms with Gasteiger partial charge in [-0.1, -0.05) is 17.7 Å². The van der Waals surface area contributed by atoms with Crippen molar-refractivity contribution in [3.05, 3.63) is 35.0 Å². The summed E-state index contributed by atoms with van der Waals surface area (Å²) < 4.78 is 0. The molecule has 0 aliphatic heterocycles. The largest absolute Gasteiger partial charge is 0.350 e. The van der Waals surface area contributed by atoms with Crippen LogP contribution in [0.3, 0.4) is 0 Å². The third-order valence-electron chi connectivity index (χ3n) is 3.52. The zero-order chi connectivity index (χ0) is 12.7. The van der Waals surface area contributed by atoms with Crippen LogP contribution in [0, 0.1) is 5.92 Å². The fourth-order valence-electron chi connectivity index (χ4n) is 2.22. The number of halogens is 1. The van der Waals surface area contributed by atoms with Crippen LogP contribution < -0.4 is 5.32 Å². The van der Waals surface area contributed by atoms with Crippen LogP contribution in [0.4, 0.5) is 0 Å². The minimum atomic E-state index is -0.0401. The van der Waals surface area contributed by atoms with Crippen LogP contribution in [0.2, 0.25) is 5.02 Å². The molecule has 0 radical (unpaired) electrons. The van der Waals surface area contributed by atoms with E-state index in [1.165, 1.54) is 12.8 Å². The Morgan fingerprint density at radius 2 is 2.22 bits per heavy atom. The van der Waals surface area contributed by atoms with Crippen molar-refractivity contribution in [2.24, 2.45) is 5.92 Å². The average Bonchev–Trinajstić information content (AvgIpc) is 3.09. The molecule has 0 spiro atoms. The standard InChI is InChI=1S/C14H15ClN2O/c1-8(9-2-3-9)16-14(18)13-6-10-4-5-11(15)7-12(10)17-13/h4-9,17H,2-3H2,1H3,(H,16,18). The Bertz CT molecular complexity index is 601. The number of carbonyl (C=O) groups is 1. The van der Waals surface area contributed by atoms with Gasteiger partial charge in [-0.15, -0.1) is 0 Å². The van der Waals surface area contributed by atoms with Crippen LogP contribution in [-0.4, -0.2) is 16.9 Å². The van der Waals surface area contributed by atoms with E-state index in [0.29, 0.717) is 16.6 Å². The topological polar surface area (TPSA) is 44.9 Å². The number of amides is 1. The Labute approximate surface area is 111 Å². The van der Waals surface area contributed by atoms with Crippen LogP contribution in [0.5, 0.6) is 0 Å². The first kappa shape index (κ1) is 11.6. The molecule has 3 nitrogen and oxygen atoms in total. The van der Waals surface area contributed by atoms with E-state index >= 15 is 0 Å². The summed E-state index contributed by atoms with van der Waals surface area (Å²) in [6.07, 6.45) is 2.45. The second kappa shape index (κ2) is 4.32. The number of H-pyrrole nitrogens is 1. The molecule has 18 heavy (non-hydrogen) atoms. The SMILES string of the molecule is CC(NC(=O)c1cc2ccc(Cl)cc2[nH]1)C1CC1. The number of aromatic nitrogens is 1. The lowest BCUT2D eigenvalue weighted by Crippen LogP contribution is -2.34. The molecule has 1 amide bonds. The van der Waals surface area contributed by atoms with Gasteiger partial charge in [0.2, 0.25) is 0 Å². The highest BCUT2D eigenvalue weighted by atomic mass is 35.5. The number of rotatable bonds is 3. The Hall–Kier alpha value is -1.48. The third-order valence-corrected chi connectivity index (χ3v) is 3.75. The highest BCUT2D eigenvalue weighted by Gasteiger charge is 2.29. The zero-order valence-electron chi connectivity index (χ0n) is 10.2. The number of hydrogen-bond acceptors (Lipinski definition) is 1. The van der Waals surface area contributed by atoms with Crippen LogP contribution in [0.15, 0.2) is 24.3 Å². The van der Waals surface area contributed by atoms with Crippen molar-refractivity contribution in [1.82, 2.24) is 10.3 Å². The van der Waals surface area contributed by atoms with Crippen molar-refractivity contribution in [2.75, 3.05) is 0 Å². The van der Waals surface area contributed by atoms with Gasteiger partial charge >= 0.3 is 0 Å². The number of carbonyl (C=O) groups excluding carboxylic acids is 1. The molecule has 1 saturated carbocycles. The van der Waals surface area contributed by atoms with Gasteiger partial charge in [0, 0.05) is 22.0 Å².